The van der Waals surface area contributed by atoms with Crippen LogP contribution in [-0.2, 0) is 22.7 Å². The summed E-state index contributed by atoms with van der Waals surface area (Å²) in [4.78, 5) is 16.1. The molecule has 1 aromatic carbocycles. The van der Waals surface area contributed by atoms with Crippen molar-refractivity contribution in [2.45, 2.75) is 27.0 Å². The van der Waals surface area contributed by atoms with Crippen molar-refractivity contribution in [3.8, 4) is 5.75 Å². The average molecular weight is 314 g/mol. The third kappa shape index (κ3) is 4.79. The molecule has 0 radical (unpaired) electrons. The molecule has 5 nitrogen and oxygen atoms in total. The molecule has 0 fully saturated rings. The van der Waals surface area contributed by atoms with Gasteiger partial charge >= 0.3 is 5.97 Å². The van der Waals surface area contributed by atoms with Crippen molar-refractivity contribution in [2.24, 2.45) is 0 Å². The van der Waals surface area contributed by atoms with E-state index >= 15 is 0 Å². The van der Waals surface area contributed by atoms with Crippen molar-refractivity contribution < 1.29 is 14.3 Å². The van der Waals surface area contributed by atoms with E-state index in [2.05, 4.69) is 10.3 Å². The van der Waals surface area contributed by atoms with Gasteiger partial charge in [-0.15, -0.1) is 0 Å². The molecule has 0 amide bonds. The normalized spacial score (nSPS) is 10.4. The van der Waals surface area contributed by atoms with Crippen molar-refractivity contribution in [1.82, 2.24) is 10.3 Å². The standard InChI is InChI=1S/C18H22N2O3/c1-13-9-20-16(14(2)18(13)22-3)10-19-11-17(21)23-12-15-7-5-4-6-8-15/h4-9,19H,10-12H2,1-3H3. The number of esters is 1. The zero-order valence-corrected chi connectivity index (χ0v) is 13.8. The highest BCUT2D eigenvalue weighted by Crippen LogP contribution is 2.23. The van der Waals surface area contributed by atoms with Crippen LogP contribution < -0.4 is 10.1 Å². The predicted molar refractivity (Wildman–Crippen MR) is 88.2 cm³/mol. The van der Waals surface area contributed by atoms with Gasteiger partial charge in [-0.05, 0) is 19.4 Å². The Morgan fingerprint density at radius 3 is 2.65 bits per heavy atom. The van der Waals surface area contributed by atoms with E-state index in [1.807, 2.05) is 44.2 Å². The van der Waals surface area contributed by atoms with E-state index in [1.54, 1.807) is 13.3 Å². The Morgan fingerprint density at radius 2 is 1.96 bits per heavy atom. The van der Waals surface area contributed by atoms with E-state index in [1.165, 1.54) is 0 Å². The Kier molecular flexibility index (Phi) is 6.11. The van der Waals surface area contributed by atoms with Crippen molar-refractivity contribution in [3.63, 3.8) is 0 Å². The first kappa shape index (κ1) is 17.0. The van der Waals surface area contributed by atoms with E-state index in [-0.39, 0.29) is 19.1 Å². The van der Waals surface area contributed by atoms with Crippen LogP contribution in [0.4, 0.5) is 0 Å². The van der Waals surface area contributed by atoms with Crippen LogP contribution in [-0.4, -0.2) is 24.6 Å². The maximum Gasteiger partial charge on any atom is 0.320 e. The molecule has 0 bridgehead atoms. The molecule has 0 aliphatic rings. The fourth-order valence-corrected chi connectivity index (χ4v) is 2.32. The summed E-state index contributed by atoms with van der Waals surface area (Å²) in [5, 5.41) is 3.06. The molecule has 23 heavy (non-hydrogen) atoms. The molecule has 1 N–H and O–H groups in total. The highest BCUT2D eigenvalue weighted by molar-refractivity contribution is 5.71. The van der Waals surface area contributed by atoms with Crippen molar-refractivity contribution in [1.29, 1.82) is 0 Å². The fraction of sp³-hybridized carbons (Fsp3) is 0.333. The van der Waals surface area contributed by atoms with E-state index in [4.69, 9.17) is 9.47 Å². The van der Waals surface area contributed by atoms with E-state index in [0.29, 0.717) is 6.54 Å². The van der Waals surface area contributed by atoms with E-state index in [9.17, 15) is 4.79 Å². The number of ether oxygens (including phenoxy) is 2. The summed E-state index contributed by atoms with van der Waals surface area (Å²) in [5.74, 6) is 0.550. The quantitative estimate of drug-likeness (QED) is 0.796. The number of methoxy groups -OCH3 is 1. The lowest BCUT2D eigenvalue weighted by atomic mass is 10.1. The highest BCUT2D eigenvalue weighted by Gasteiger charge is 2.10. The van der Waals surface area contributed by atoms with Crippen LogP contribution in [0.15, 0.2) is 36.5 Å². The predicted octanol–water partition coefficient (Wildman–Crippen LogP) is 2.54. The average Bonchev–Trinajstić information content (AvgIpc) is 2.56. The smallest absolute Gasteiger partial charge is 0.320 e. The monoisotopic (exact) mass is 314 g/mol. The van der Waals surface area contributed by atoms with Gasteiger partial charge in [-0.25, -0.2) is 0 Å². The molecule has 0 aliphatic carbocycles. The van der Waals surface area contributed by atoms with E-state index < -0.39 is 0 Å². The van der Waals surface area contributed by atoms with Gasteiger partial charge in [0, 0.05) is 23.9 Å². The van der Waals surface area contributed by atoms with Gasteiger partial charge in [0.15, 0.2) is 0 Å². The summed E-state index contributed by atoms with van der Waals surface area (Å²) in [5.41, 5.74) is 3.82. The molecule has 0 atom stereocenters. The molecule has 5 heteroatoms. The molecule has 0 aliphatic heterocycles. The highest BCUT2D eigenvalue weighted by atomic mass is 16.5. The van der Waals surface area contributed by atoms with Crippen LogP contribution in [0.25, 0.3) is 0 Å². The Balaban J connectivity index is 1.80. The zero-order valence-electron chi connectivity index (χ0n) is 13.8. The zero-order chi connectivity index (χ0) is 16.7. The van der Waals surface area contributed by atoms with Gasteiger partial charge in [-0.2, -0.15) is 0 Å². The number of pyridine rings is 1. The van der Waals surface area contributed by atoms with Crippen LogP contribution in [0, 0.1) is 13.8 Å². The molecule has 1 heterocycles. The van der Waals surface area contributed by atoms with Gasteiger partial charge in [-0.3, -0.25) is 9.78 Å². The Morgan fingerprint density at radius 1 is 1.22 bits per heavy atom. The van der Waals surface area contributed by atoms with Gasteiger partial charge < -0.3 is 14.8 Å². The Hall–Kier alpha value is -2.40. The maximum atomic E-state index is 11.7. The van der Waals surface area contributed by atoms with Gasteiger partial charge in [0.25, 0.3) is 0 Å². The first-order valence-corrected chi connectivity index (χ1v) is 7.51. The number of hydrogen-bond acceptors (Lipinski definition) is 5. The van der Waals surface area contributed by atoms with Gasteiger partial charge in [0.2, 0.25) is 0 Å². The topological polar surface area (TPSA) is 60.5 Å². The summed E-state index contributed by atoms with van der Waals surface area (Å²) >= 11 is 0. The second-order valence-electron chi connectivity index (χ2n) is 5.30. The second kappa shape index (κ2) is 8.29. The van der Waals surface area contributed by atoms with Gasteiger partial charge in [0.1, 0.15) is 12.4 Å². The first-order valence-electron chi connectivity index (χ1n) is 7.51. The van der Waals surface area contributed by atoms with Crippen molar-refractivity contribution >= 4 is 5.97 Å². The summed E-state index contributed by atoms with van der Waals surface area (Å²) < 4.78 is 10.6. The lowest BCUT2D eigenvalue weighted by Crippen LogP contribution is -2.25. The minimum Gasteiger partial charge on any atom is -0.496 e. The maximum absolute atomic E-state index is 11.7. The van der Waals surface area contributed by atoms with Gasteiger partial charge in [0.05, 0.1) is 19.3 Å². The largest absolute Gasteiger partial charge is 0.496 e. The van der Waals surface area contributed by atoms with E-state index in [0.717, 1.165) is 28.1 Å². The van der Waals surface area contributed by atoms with Crippen LogP contribution in [0.1, 0.15) is 22.4 Å². The molecule has 0 unspecified atom stereocenters. The number of aromatic nitrogens is 1. The van der Waals surface area contributed by atoms with Crippen molar-refractivity contribution in [3.05, 3.63) is 58.9 Å². The Labute approximate surface area is 136 Å². The summed E-state index contributed by atoms with van der Waals surface area (Å²) in [6.45, 7) is 4.84. The summed E-state index contributed by atoms with van der Waals surface area (Å²) in [6, 6.07) is 9.61. The molecule has 1 aromatic heterocycles. The number of nitrogens with zero attached hydrogens (tertiary/aromatic N) is 1. The molecule has 2 rings (SSSR count). The molecule has 2 aromatic rings. The lowest BCUT2D eigenvalue weighted by molar-refractivity contribution is -0.143. The van der Waals surface area contributed by atoms with Crippen LogP contribution in [0.2, 0.25) is 0 Å². The number of carbonyl (C=O) groups is 1. The first-order chi connectivity index (χ1) is 11.1. The second-order valence-corrected chi connectivity index (χ2v) is 5.30. The lowest BCUT2D eigenvalue weighted by Gasteiger charge is -2.12. The SMILES string of the molecule is COc1c(C)cnc(CNCC(=O)OCc2ccccc2)c1C. The van der Waals surface area contributed by atoms with Crippen LogP contribution in [0.5, 0.6) is 5.75 Å². The Bertz CT molecular complexity index is 657. The minimum absolute atomic E-state index is 0.143. The van der Waals surface area contributed by atoms with Gasteiger partial charge in [-0.1, -0.05) is 30.3 Å². The minimum atomic E-state index is -0.286. The molecule has 0 spiro atoms. The third-order valence-electron chi connectivity index (χ3n) is 3.55. The third-order valence-corrected chi connectivity index (χ3v) is 3.55. The number of benzene rings is 1. The molecule has 0 saturated heterocycles. The molecule has 122 valence electrons. The van der Waals surface area contributed by atoms with Crippen LogP contribution >= 0.6 is 0 Å². The summed E-state index contributed by atoms with van der Waals surface area (Å²) in [7, 11) is 1.65. The number of nitrogens with one attached hydrogen (secondary N) is 1. The molecular weight excluding hydrogens is 292 g/mol. The number of carbonyl (C=O) groups excluding carboxylic acids is 1. The number of rotatable bonds is 7. The van der Waals surface area contributed by atoms with Crippen LogP contribution in [0.3, 0.4) is 0 Å². The number of hydrogen-bond donors (Lipinski definition) is 1. The number of aryl methyl sites for hydroxylation is 1. The van der Waals surface area contributed by atoms with Crippen molar-refractivity contribution in [2.75, 3.05) is 13.7 Å². The molecule has 0 saturated carbocycles. The summed E-state index contributed by atoms with van der Waals surface area (Å²) in [6.07, 6.45) is 1.77. The fourth-order valence-electron chi connectivity index (χ4n) is 2.32. The molecular formula is C18H22N2O3.